The molecule has 8 heteroatoms. The third-order valence-electron chi connectivity index (χ3n) is 5.45. The van der Waals surface area contributed by atoms with Crippen molar-refractivity contribution in [1.29, 1.82) is 0 Å². The standard InChI is InChI=1S/C25H21FN2O5/c1-32-18-7-5-8-19(33-2)20(18)23(29)21-22(15-9-11-16(26)12-10-15)28(25(31)24(21)30)14-17-6-3-4-13-27-17/h3-13,22,29H,14H2,1-2H3/b23-21+. The summed E-state index contributed by atoms with van der Waals surface area (Å²) in [5.74, 6) is -2.05. The second kappa shape index (κ2) is 9.12. The molecule has 7 nitrogen and oxygen atoms in total. The first-order chi connectivity index (χ1) is 16.0. The van der Waals surface area contributed by atoms with Gasteiger partial charge in [0, 0.05) is 6.20 Å². The lowest BCUT2D eigenvalue weighted by molar-refractivity contribution is -0.140. The van der Waals surface area contributed by atoms with Gasteiger partial charge < -0.3 is 19.5 Å². The van der Waals surface area contributed by atoms with Crippen LogP contribution >= 0.6 is 0 Å². The van der Waals surface area contributed by atoms with E-state index in [4.69, 9.17) is 9.47 Å². The Kier molecular flexibility index (Phi) is 6.08. The Bertz CT molecular complexity index is 1200. The van der Waals surface area contributed by atoms with Crippen LogP contribution in [-0.4, -0.2) is 40.9 Å². The fraction of sp³-hybridized carbons (Fsp3) is 0.160. The molecule has 1 fully saturated rings. The molecule has 2 heterocycles. The maximum absolute atomic E-state index is 13.6. The average molecular weight is 448 g/mol. The summed E-state index contributed by atoms with van der Waals surface area (Å²) in [6.45, 7) is 0.0211. The zero-order valence-electron chi connectivity index (χ0n) is 18.0. The number of hydrogen-bond acceptors (Lipinski definition) is 6. The van der Waals surface area contributed by atoms with Crippen molar-refractivity contribution in [2.45, 2.75) is 12.6 Å². The minimum Gasteiger partial charge on any atom is -0.506 e. The Hall–Kier alpha value is -4.20. The van der Waals surface area contributed by atoms with Gasteiger partial charge >= 0.3 is 0 Å². The molecular weight excluding hydrogens is 427 g/mol. The van der Waals surface area contributed by atoms with Gasteiger partial charge in [-0.2, -0.15) is 0 Å². The van der Waals surface area contributed by atoms with E-state index < -0.39 is 29.3 Å². The van der Waals surface area contributed by atoms with Crippen LogP contribution in [0.15, 0.2) is 72.4 Å². The topological polar surface area (TPSA) is 89.0 Å². The number of methoxy groups -OCH3 is 2. The fourth-order valence-electron chi connectivity index (χ4n) is 3.92. The first kappa shape index (κ1) is 22.0. The lowest BCUT2D eigenvalue weighted by Crippen LogP contribution is -2.29. The van der Waals surface area contributed by atoms with Gasteiger partial charge in [0.05, 0.1) is 38.1 Å². The molecule has 0 bridgehead atoms. The van der Waals surface area contributed by atoms with Gasteiger partial charge in [0.2, 0.25) is 0 Å². The summed E-state index contributed by atoms with van der Waals surface area (Å²) in [5.41, 5.74) is 1.01. The number of rotatable bonds is 6. The van der Waals surface area contributed by atoms with E-state index in [1.807, 2.05) is 0 Å². The third-order valence-corrected chi connectivity index (χ3v) is 5.45. The number of ketones is 1. The van der Waals surface area contributed by atoms with Crippen molar-refractivity contribution in [3.05, 3.63) is 95.1 Å². The van der Waals surface area contributed by atoms with Crippen LogP contribution in [0.5, 0.6) is 11.5 Å². The van der Waals surface area contributed by atoms with Crippen LogP contribution < -0.4 is 9.47 Å². The number of pyridine rings is 1. The molecule has 0 spiro atoms. The smallest absolute Gasteiger partial charge is 0.296 e. The van der Waals surface area contributed by atoms with E-state index in [0.29, 0.717) is 11.3 Å². The highest BCUT2D eigenvalue weighted by Crippen LogP contribution is 2.43. The Labute approximate surface area is 189 Å². The van der Waals surface area contributed by atoms with Crippen molar-refractivity contribution >= 4 is 17.4 Å². The number of amides is 1. The number of aliphatic hydroxyl groups is 1. The summed E-state index contributed by atoms with van der Waals surface area (Å²) in [4.78, 5) is 31.8. The van der Waals surface area contributed by atoms with Crippen LogP contribution in [0.4, 0.5) is 4.39 Å². The third kappa shape index (κ3) is 4.03. The molecule has 2 aromatic carbocycles. The van der Waals surface area contributed by atoms with Gasteiger partial charge in [-0.1, -0.05) is 24.3 Å². The molecule has 1 atom stereocenters. The number of nitrogens with zero attached hydrogens (tertiary/aromatic N) is 2. The quantitative estimate of drug-likeness (QED) is 0.350. The molecule has 3 aromatic rings. The number of benzene rings is 2. The molecule has 1 N–H and O–H groups in total. The maximum atomic E-state index is 13.6. The molecule has 1 amide bonds. The summed E-state index contributed by atoms with van der Waals surface area (Å²) >= 11 is 0. The van der Waals surface area contributed by atoms with Crippen molar-refractivity contribution in [2.24, 2.45) is 0 Å². The van der Waals surface area contributed by atoms with Crippen molar-refractivity contribution in [3.8, 4) is 11.5 Å². The number of likely N-dealkylation sites (tertiary alicyclic amines) is 1. The van der Waals surface area contributed by atoms with E-state index in [1.54, 1.807) is 42.6 Å². The zero-order valence-corrected chi connectivity index (χ0v) is 18.0. The number of carbonyl (C=O) groups is 2. The predicted octanol–water partition coefficient (Wildman–Crippen LogP) is 3.86. The van der Waals surface area contributed by atoms with Crippen LogP contribution in [0.1, 0.15) is 22.9 Å². The van der Waals surface area contributed by atoms with E-state index in [0.717, 1.165) is 0 Å². The molecule has 0 aliphatic carbocycles. The Morgan fingerprint density at radius 2 is 1.67 bits per heavy atom. The lowest BCUT2D eigenvalue weighted by Gasteiger charge is -2.25. The normalized spacial score (nSPS) is 17.3. The first-order valence-corrected chi connectivity index (χ1v) is 10.1. The highest BCUT2D eigenvalue weighted by atomic mass is 19.1. The second-order valence-electron chi connectivity index (χ2n) is 7.34. The van der Waals surface area contributed by atoms with E-state index in [2.05, 4.69) is 4.98 Å². The van der Waals surface area contributed by atoms with E-state index in [1.165, 1.54) is 43.4 Å². The summed E-state index contributed by atoms with van der Waals surface area (Å²) in [6.07, 6.45) is 1.58. The van der Waals surface area contributed by atoms with Crippen LogP contribution in [0.25, 0.3) is 5.76 Å². The number of aromatic nitrogens is 1. The van der Waals surface area contributed by atoms with Gasteiger partial charge in [0.25, 0.3) is 11.7 Å². The monoisotopic (exact) mass is 448 g/mol. The average Bonchev–Trinajstić information content (AvgIpc) is 3.09. The SMILES string of the molecule is COc1cccc(OC)c1/C(O)=C1\C(=O)C(=O)N(Cc2ccccn2)C1c1ccc(F)cc1. The first-order valence-electron chi connectivity index (χ1n) is 10.1. The second-order valence-corrected chi connectivity index (χ2v) is 7.34. The Morgan fingerprint density at radius 3 is 2.24 bits per heavy atom. The van der Waals surface area contributed by atoms with E-state index in [-0.39, 0.29) is 29.2 Å². The van der Waals surface area contributed by atoms with Gasteiger partial charge in [-0.15, -0.1) is 0 Å². The molecular formula is C25H21FN2O5. The van der Waals surface area contributed by atoms with Gasteiger partial charge in [-0.3, -0.25) is 14.6 Å². The Morgan fingerprint density at radius 1 is 1.00 bits per heavy atom. The van der Waals surface area contributed by atoms with Crippen molar-refractivity contribution in [3.63, 3.8) is 0 Å². The van der Waals surface area contributed by atoms with Gasteiger partial charge in [0.15, 0.2) is 0 Å². The molecule has 1 aromatic heterocycles. The molecule has 1 unspecified atom stereocenters. The van der Waals surface area contributed by atoms with E-state index >= 15 is 0 Å². The molecule has 0 radical (unpaired) electrons. The van der Waals surface area contributed by atoms with Crippen LogP contribution in [0, 0.1) is 5.82 Å². The van der Waals surface area contributed by atoms with Crippen molar-refractivity contribution in [2.75, 3.05) is 14.2 Å². The highest BCUT2D eigenvalue weighted by Gasteiger charge is 2.46. The number of aliphatic hydroxyl groups excluding tert-OH is 1. The zero-order chi connectivity index (χ0) is 23.5. The molecule has 0 saturated carbocycles. The summed E-state index contributed by atoms with van der Waals surface area (Å²) in [7, 11) is 2.84. The summed E-state index contributed by atoms with van der Waals surface area (Å²) in [6, 6.07) is 14.6. The molecule has 168 valence electrons. The fourth-order valence-corrected chi connectivity index (χ4v) is 3.92. The minimum atomic E-state index is -0.970. The summed E-state index contributed by atoms with van der Waals surface area (Å²) in [5, 5.41) is 11.3. The van der Waals surface area contributed by atoms with Gasteiger partial charge in [-0.25, -0.2) is 4.39 Å². The number of carbonyl (C=O) groups excluding carboxylic acids is 2. The molecule has 1 aliphatic heterocycles. The number of halogens is 1. The predicted molar refractivity (Wildman–Crippen MR) is 118 cm³/mol. The largest absolute Gasteiger partial charge is 0.506 e. The lowest BCUT2D eigenvalue weighted by atomic mass is 9.94. The van der Waals surface area contributed by atoms with Gasteiger partial charge in [0.1, 0.15) is 28.6 Å². The van der Waals surface area contributed by atoms with E-state index in [9.17, 15) is 19.1 Å². The summed E-state index contributed by atoms with van der Waals surface area (Å²) < 4.78 is 24.4. The number of hydrogen-bond donors (Lipinski definition) is 1. The van der Waals surface area contributed by atoms with Crippen molar-refractivity contribution in [1.82, 2.24) is 9.88 Å². The molecule has 1 saturated heterocycles. The molecule has 4 rings (SSSR count). The van der Waals surface area contributed by atoms with Gasteiger partial charge in [-0.05, 0) is 42.0 Å². The van der Waals surface area contributed by atoms with Crippen LogP contribution in [-0.2, 0) is 16.1 Å². The van der Waals surface area contributed by atoms with Crippen LogP contribution in [0.2, 0.25) is 0 Å². The van der Waals surface area contributed by atoms with Crippen LogP contribution in [0.3, 0.4) is 0 Å². The van der Waals surface area contributed by atoms with Crippen molar-refractivity contribution < 1.29 is 28.6 Å². The number of Topliss-reactive ketones (excluding diaryl/α,β-unsaturated/α-hetero) is 1. The highest BCUT2D eigenvalue weighted by molar-refractivity contribution is 6.46. The minimum absolute atomic E-state index is 0.0211. The molecule has 33 heavy (non-hydrogen) atoms. The maximum Gasteiger partial charge on any atom is 0.296 e. The number of ether oxygens (including phenoxy) is 2. The Balaban J connectivity index is 1.93. The molecule has 1 aliphatic rings.